The molecule has 4 aromatic rings. The zero-order chi connectivity index (χ0) is 37.5. The number of nitrogens with one attached hydrogen (secondary N) is 1. The Balaban J connectivity index is 1.22. The summed E-state index contributed by atoms with van der Waals surface area (Å²) in [5.41, 5.74) is 4.61. The third-order valence-corrected chi connectivity index (χ3v) is 13.1. The van der Waals surface area contributed by atoms with Gasteiger partial charge in [-0.1, -0.05) is 53.1 Å². The minimum absolute atomic E-state index is 0.0609. The molecule has 274 valence electrons. The summed E-state index contributed by atoms with van der Waals surface area (Å²) in [7, 11) is 1.55. The predicted molar refractivity (Wildman–Crippen MR) is 202 cm³/mol. The van der Waals surface area contributed by atoms with Crippen LogP contribution in [0.1, 0.15) is 28.8 Å². The van der Waals surface area contributed by atoms with Crippen LogP contribution in [0.25, 0.3) is 0 Å². The van der Waals surface area contributed by atoms with Crippen molar-refractivity contribution in [2.24, 2.45) is 29.6 Å². The Hall–Kier alpha value is -5.10. The summed E-state index contributed by atoms with van der Waals surface area (Å²) in [6.45, 7) is 0.184. The summed E-state index contributed by atoms with van der Waals surface area (Å²) in [6.07, 6.45) is 4.39. The number of allylic oxidation sites excluding steroid dienone is 3. The van der Waals surface area contributed by atoms with Gasteiger partial charge in [0.25, 0.3) is 11.8 Å². The second kappa shape index (κ2) is 13.0. The number of fused-ring (bicyclic) bond motifs is 5. The van der Waals surface area contributed by atoms with Crippen LogP contribution in [0, 0.1) is 29.6 Å². The maximum atomic E-state index is 15.5. The standard InChI is InChI=1S/C41H33Cl2N3O7S/c1-52-26-8-4-23(5-9-26)41-31(38(49)46(40(41)51)44-33-12-6-24(42)17-32(33)43)18-30-28(36(41)22-15-21-16-25(47)7-13-34(21)53-20-22)10-11-29-35(30)39(50)45(37(29)48)19-27-3-2-14-54-27/h2-10,12-14,16-17,20,29-31,35-36,44,47H,11,15,18-19H2,1H3. The van der Waals surface area contributed by atoms with E-state index in [2.05, 4.69) is 5.43 Å². The van der Waals surface area contributed by atoms with Crippen molar-refractivity contribution in [1.82, 2.24) is 9.91 Å². The maximum absolute atomic E-state index is 15.5. The van der Waals surface area contributed by atoms with Crippen LogP contribution < -0.4 is 14.9 Å². The van der Waals surface area contributed by atoms with Gasteiger partial charge in [-0.15, -0.1) is 11.3 Å². The molecule has 0 bridgehead atoms. The fraction of sp³-hybridized carbons (Fsp3) is 0.268. The van der Waals surface area contributed by atoms with E-state index in [0.29, 0.717) is 51.8 Å². The van der Waals surface area contributed by atoms with Crippen molar-refractivity contribution < 1.29 is 33.8 Å². The van der Waals surface area contributed by atoms with Crippen molar-refractivity contribution in [2.75, 3.05) is 12.5 Å². The van der Waals surface area contributed by atoms with Gasteiger partial charge in [-0.05, 0) is 89.9 Å². The number of phenols is 1. The highest BCUT2D eigenvalue weighted by Crippen LogP contribution is 2.63. The number of hydrazine groups is 1. The molecule has 54 heavy (non-hydrogen) atoms. The lowest BCUT2D eigenvalue weighted by molar-refractivity contribution is -0.141. The van der Waals surface area contributed by atoms with E-state index in [1.54, 1.807) is 55.8 Å². The lowest BCUT2D eigenvalue weighted by Gasteiger charge is -2.51. The van der Waals surface area contributed by atoms with E-state index in [4.69, 9.17) is 32.7 Å². The van der Waals surface area contributed by atoms with Gasteiger partial charge in [-0.3, -0.25) is 29.5 Å². The summed E-state index contributed by atoms with van der Waals surface area (Å²) >= 11 is 14.2. The lowest BCUT2D eigenvalue weighted by atomic mass is 9.48. The molecule has 6 unspecified atom stereocenters. The number of halogens is 2. The maximum Gasteiger partial charge on any atom is 0.260 e. The zero-order valence-corrected chi connectivity index (χ0v) is 31.2. The summed E-state index contributed by atoms with van der Waals surface area (Å²) in [5.74, 6) is -3.88. The number of anilines is 1. The molecule has 4 amide bonds. The molecule has 3 fully saturated rings. The van der Waals surface area contributed by atoms with Gasteiger partial charge in [-0.2, -0.15) is 5.01 Å². The first-order valence-corrected chi connectivity index (χ1v) is 19.2. The van der Waals surface area contributed by atoms with Crippen LogP contribution in [-0.2, 0) is 37.6 Å². The lowest BCUT2D eigenvalue weighted by Crippen LogP contribution is -2.55. The molecular weight excluding hydrogens is 749 g/mol. The summed E-state index contributed by atoms with van der Waals surface area (Å²) in [5, 5.41) is 14.0. The number of likely N-dealkylation sites (tertiary alicyclic amines) is 1. The number of carbonyl (C=O) groups is 4. The summed E-state index contributed by atoms with van der Waals surface area (Å²) in [4.78, 5) is 61.1. The number of ether oxygens (including phenoxy) is 2. The molecule has 4 heterocycles. The van der Waals surface area contributed by atoms with E-state index in [1.165, 1.54) is 22.3 Å². The predicted octanol–water partition coefficient (Wildman–Crippen LogP) is 7.31. The van der Waals surface area contributed by atoms with Crippen molar-refractivity contribution >= 4 is 63.9 Å². The molecule has 2 saturated heterocycles. The number of benzene rings is 3. The van der Waals surface area contributed by atoms with E-state index in [9.17, 15) is 19.5 Å². The van der Waals surface area contributed by atoms with Crippen molar-refractivity contribution in [1.29, 1.82) is 0 Å². The minimum Gasteiger partial charge on any atom is -0.508 e. The number of hydrogen-bond acceptors (Lipinski definition) is 9. The van der Waals surface area contributed by atoms with Gasteiger partial charge in [0.1, 0.15) is 17.2 Å². The zero-order valence-electron chi connectivity index (χ0n) is 28.8. The first kappa shape index (κ1) is 34.7. The Labute approximate surface area is 324 Å². The average Bonchev–Trinajstić information content (AvgIpc) is 3.83. The van der Waals surface area contributed by atoms with Crippen LogP contribution in [0.3, 0.4) is 0 Å². The largest absolute Gasteiger partial charge is 0.508 e. The Morgan fingerprint density at radius 1 is 0.981 bits per heavy atom. The highest BCUT2D eigenvalue weighted by molar-refractivity contribution is 7.09. The van der Waals surface area contributed by atoms with Crippen LogP contribution in [0.4, 0.5) is 5.69 Å². The Morgan fingerprint density at radius 3 is 2.54 bits per heavy atom. The molecule has 1 aromatic heterocycles. The summed E-state index contributed by atoms with van der Waals surface area (Å²) in [6, 6.07) is 20.5. The molecule has 3 aliphatic heterocycles. The minimum atomic E-state index is -1.52. The number of methoxy groups -OCH3 is 1. The fourth-order valence-electron chi connectivity index (χ4n) is 9.44. The number of amides is 4. The van der Waals surface area contributed by atoms with Crippen molar-refractivity contribution in [3.8, 4) is 17.2 Å². The number of hydrogen-bond donors (Lipinski definition) is 2. The van der Waals surface area contributed by atoms with E-state index >= 15 is 4.79 Å². The van der Waals surface area contributed by atoms with Crippen LogP contribution >= 0.6 is 34.5 Å². The Kier molecular flexibility index (Phi) is 8.37. The molecular formula is C41H33Cl2N3O7S. The number of rotatable bonds is 7. The van der Waals surface area contributed by atoms with Crippen molar-refractivity contribution in [3.05, 3.63) is 128 Å². The quantitative estimate of drug-likeness (QED) is 0.148. The molecule has 2 aliphatic carbocycles. The van der Waals surface area contributed by atoms with Gasteiger partial charge in [0.15, 0.2) is 0 Å². The molecule has 3 aromatic carbocycles. The van der Waals surface area contributed by atoms with E-state index in [1.807, 2.05) is 35.7 Å². The fourth-order valence-corrected chi connectivity index (χ4v) is 10.6. The Bertz CT molecular complexity index is 2310. The van der Waals surface area contributed by atoms with Crippen LogP contribution in [-0.4, -0.2) is 45.8 Å². The molecule has 5 aliphatic rings. The van der Waals surface area contributed by atoms with Gasteiger partial charge in [0.05, 0.1) is 53.8 Å². The number of aromatic hydroxyl groups is 1. The van der Waals surface area contributed by atoms with Crippen molar-refractivity contribution in [3.63, 3.8) is 0 Å². The number of carbonyl (C=O) groups excluding carboxylic acids is 4. The van der Waals surface area contributed by atoms with Crippen molar-refractivity contribution in [2.45, 2.75) is 31.2 Å². The average molecular weight is 783 g/mol. The normalized spacial score (nSPS) is 27.1. The monoisotopic (exact) mass is 781 g/mol. The second-order valence-corrected chi connectivity index (χ2v) is 16.2. The molecule has 1 saturated carbocycles. The summed E-state index contributed by atoms with van der Waals surface area (Å²) < 4.78 is 11.7. The van der Waals surface area contributed by atoms with Gasteiger partial charge in [0, 0.05) is 27.8 Å². The van der Waals surface area contributed by atoms with E-state index in [0.717, 1.165) is 15.5 Å². The van der Waals surface area contributed by atoms with Crippen LogP contribution in [0.15, 0.2) is 102 Å². The van der Waals surface area contributed by atoms with Gasteiger partial charge < -0.3 is 14.6 Å². The molecule has 6 atom stereocenters. The molecule has 0 spiro atoms. The number of imide groups is 2. The molecule has 2 N–H and O–H groups in total. The van der Waals surface area contributed by atoms with Gasteiger partial charge in [0.2, 0.25) is 11.8 Å². The Morgan fingerprint density at radius 2 is 1.80 bits per heavy atom. The van der Waals surface area contributed by atoms with Gasteiger partial charge in [-0.25, -0.2) is 0 Å². The molecule has 10 nitrogen and oxygen atoms in total. The number of phenolic OH excluding ortho intramolecular Hbond substituents is 1. The topological polar surface area (TPSA) is 125 Å². The van der Waals surface area contributed by atoms with Crippen LogP contribution in [0.2, 0.25) is 10.0 Å². The molecule has 9 rings (SSSR count). The highest BCUT2D eigenvalue weighted by atomic mass is 35.5. The first-order chi connectivity index (χ1) is 26.1. The third kappa shape index (κ3) is 5.20. The van der Waals surface area contributed by atoms with Crippen LogP contribution in [0.5, 0.6) is 17.2 Å². The molecule has 0 radical (unpaired) electrons. The number of thiophene rings is 1. The van der Waals surface area contributed by atoms with E-state index in [-0.39, 0.29) is 35.6 Å². The SMILES string of the molecule is COc1ccc(C23C(=O)N(Nc4ccc(Cl)cc4Cl)C(=O)C2CC2C(=CCC4C(=O)N(Cc5cccs5)C(=O)C42)C3C2=COc3ccc(O)cc3C2)cc1. The smallest absolute Gasteiger partial charge is 0.260 e. The first-order valence-electron chi connectivity index (χ1n) is 17.6. The van der Waals surface area contributed by atoms with E-state index < -0.39 is 46.8 Å². The third-order valence-electron chi connectivity index (χ3n) is 11.7. The van der Waals surface area contributed by atoms with Gasteiger partial charge >= 0.3 is 0 Å². The molecule has 13 heteroatoms. The highest BCUT2D eigenvalue weighted by Gasteiger charge is 2.70. The number of nitrogens with zero attached hydrogens (tertiary/aromatic N) is 2. The second-order valence-electron chi connectivity index (χ2n) is 14.3.